The van der Waals surface area contributed by atoms with Crippen molar-refractivity contribution in [3.05, 3.63) is 63.3 Å². The summed E-state index contributed by atoms with van der Waals surface area (Å²) < 4.78 is 36.6. The van der Waals surface area contributed by atoms with E-state index in [0.29, 0.717) is 29.7 Å². The number of ketones is 1. The van der Waals surface area contributed by atoms with Gasteiger partial charge in [0.2, 0.25) is 5.78 Å². The number of sulfone groups is 1. The molecule has 1 saturated heterocycles. The second kappa shape index (κ2) is 8.00. The number of benzene rings is 1. The SMILES string of the molecule is CCc1cc(=O)oc2cc(OCC(=O)c3cc(C)n(C4CCS(=O)(=O)C4)c3C)ccc12. The molecule has 1 aromatic carbocycles. The van der Waals surface area contributed by atoms with E-state index in [-0.39, 0.29) is 29.9 Å². The molecular formula is C23H25NO6S. The average Bonchev–Trinajstić information content (AvgIpc) is 3.22. The number of nitrogens with zero attached hydrogens (tertiary/aromatic N) is 1. The summed E-state index contributed by atoms with van der Waals surface area (Å²) in [7, 11) is -3.02. The molecule has 1 fully saturated rings. The van der Waals surface area contributed by atoms with Crippen molar-refractivity contribution in [2.75, 3.05) is 18.1 Å². The van der Waals surface area contributed by atoms with Crippen LogP contribution < -0.4 is 10.4 Å². The third-order valence-corrected chi connectivity index (χ3v) is 7.66. The highest BCUT2D eigenvalue weighted by Gasteiger charge is 2.31. The van der Waals surface area contributed by atoms with E-state index in [4.69, 9.17) is 9.15 Å². The van der Waals surface area contributed by atoms with Gasteiger partial charge in [-0.05, 0) is 50.5 Å². The summed E-state index contributed by atoms with van der Waals surface area (Å²) in [5.41, 5.74) is 3.05. The predicted molar refractivity (Wildman–Crippen MR) is 118 cm³/mol. The fourth-order valence-electron chi connectivity index (χ4n) is 4.42. The van der Waals surface area contributed by atoms with Crippen LogP contribution in [0.3, 0.4) is 0 Å². The fourth-order valence-corrected chi connectivity index (χ4v) is 6.12. The molecule has 4 rings (SSSR count). The van der Waals surface area contributed by atoms with Crippen LogP contribution in [0, 0.1) is 13.8 Å². The van der Waals surface area contributed by atoms with Crippen molar-refractivity contribution in [3.63, 3.8) is 0 Å². The number of hydrogen-bond acceptors (Lipinski definition) is 6. The lowest BCUT2D eigenvalue weighted by atomic mass is 10.1. The number of carbonyl (C=O) groups is 1. The van der Waals surface area contributed by atoms with Crippen molar-refractivity contribution in [2.24, 2.45) is 0 Å². The molecule has 1 aliphatic rings. The Morgan fingerprint density at radius 1 is 1.23 bits per heavy atom. The number of fused-ring (bicyclic) bond motifs is 1. The first-order chi connectivity index (χ1) is 14.7. The average molecular weight is 444 g/mol. The van der Waals surface area contributed by atoms with Gasteiger partial charge in [-0.3, -0.25) is 4.79 Å². The summed E-state index contributed by atoms with van der Waals surface area (Å²) in [5.74, 6) is 0.533. The molecule has 3 heterocycles. The lowest BCUT2D eigenvalue weighted by Gasteiger charge is -2.16. The van der Waals surface area contributed by atoms with Crippen molar-refractivity contribution in [2.45, 2.75) is 39.7 Å². The van der Waals surface area contributed by atoms with E-state index in [1.807, 2.05) is 31.4 Å². The van der Waals surface area contributed by atoms with Crippen LogP contribution in [0.2, 0.25) is 0 Å². The Hall–Kier alpha value is -2.87. The van der Waals surface area contributed by atoms with Crippen molar-refractivity contribution in [1.29, 1.82) is 0 Å². The summed E-state index contributed by atoms with van der Waals surface area (Å²) in [6, 6.07) is 8.33. The van der Waals surface area contributed by atoms with Crippen LogP contribution >= 0.6 is 0 Å². The lowest BCUT2D eigenvalue weighted by Crippen LogP contribution is -2.16. The molecule has 0 N–H and O–H groups in total. The summed E-state index contributed by atoms with van der Waals surface area (Å²) in [6.45, 7) is 5.51. The van der Waals surface area contributed by atoms with Crippen molar-refractivity contribution in [3.8, 4) is 5.75 Å². The number of carbonyl (C=O) groups excluding carboxylic acids is 1. The Kier molecular flexibility index (Phi) is 5.51. The van der Waals surface area contributed by atoms with Gasteiger partial charge in [0.1, 0.15) is 11.3 Å². The zero-order chi connectivity index (χ0) is 22.3. The topological polar surface area (TPSA) is 95.6 Å². The molecule has 0 spiro atoms. The molecule has 31 heavy (non-hydrogen) atoms. The Balaban J connectivity index is 1.53. The van der Waals surface area contributed by atoms with Crippen LogP contribution in [0.15, 0.2) is 39.5 Å². The minimum atomic E-state index is -3.02. The van der Waals surface area contributed by atoms with Gasteiger partial charge in [0, 0.05) is 40.5 Å². The highest BCUT2D eigenvalue weighted by Crippen LogP contribution is 2.29. The van der Waals surface area contributed by atoms with Gasteiger partial charge in [0.25, 0.3) is 0 Å². The molecule has 1 unspecified atom stereocenters. The standard InChI is InChI=1S/C23H25NO6S/c1-4-16-10-23(26)30-22-11-18(5-6-19(16)22)29-12-21(25)20-9-14(2)24(15(20)3)17-7-8-31(27,28)13-17/h5-6,9-11,17H,4,7-8,12-13H2,1-3H3. The molecule has 8 heteroatoms. The largest absolute Gasteiger partial charge is 0.485 e. The van der Waals surface area contributed by atoms with E-state index in [9.17, 15) is 18.0 Å². The van der Waals surface area contributed by atoms with Gasteiger partial charge in [-0.2, -0.15) is 0 Å². The molecule has 1 atom stereocenters. The minimum Gasteiger partial charge on any atom is -0.485 e. The summed E-state index contributed by atoms with van der Waals surface area (Å²) >= 11 is 0. The Morgan fingerprint density at radius 2 is 2.00 bits per heavy atom. The van der Waals surface area contributed by atoms with Gasteiger partial charge in [-0.1, -0.05) is 6.92 Å². The second-order valence-electron chi connectivity index (χ2n) is 8.03. The van der Waals surface area contributed by atoms with Gasteiger partial charge in [-0.15, -0.1) is 0 Å². The van der Waals surface area contributed by atoms with Gasteiger partial charge in [0.15, 0.2) is 16.4 Å². The molecule has 0 radical (unpaired) electrons. The maximum Gasteiger partial charge on any atom is 0.336 e. The molecule has 1 aliphatic heterocycles. The molecule has 0 amide bonds. The molecule has 0 aliphatic carbocycles. The first kappa shape index (κ1) is 21.4. The number of ether oxygens (including phenoxy) is 1. The fraction of sp³-hybridized carbons (Fsp3) is 0.391. The van der Waals surface area contributed by atoms with E-state index in [0.717, 1.165) is 22.3 Å². The molecule has 7 nitrogen and oxygen atoms in total. The van der Waals surface area contributed by atoms with E-state index in [2.05, 4.69) is 0 Å². The lowest BCUT2D eigenvalue weighted by molar-refractivity contribution is 0.0920. The van der Waals surface area contributed by atoms with Crippen LogP contribution in [-0.4, -0.2) is 36.9 Å². The number of hydrogen-bond donors (Lipinski definition) is 0. The molecular weight excluding hydrogens is 418 g/mol. The molecule has 0 saturated carbocycles. The Bertz CT molecular complexity index is 1330. The maximum atomic E-state index is 12.8. The summed E-state index contributed by atoms with van der Waals surface area (Å²) in [6.07, 6.45) is 1.27. The zero-order valence-electron chi connectivity index (χ0n) is 17.8. The minimum absolute atomic E-state index is 0.107. The van der Waals surface area contributed by atoms with Crippen LogP contribution in [0.4, 0.5) is 0 Å². The van der Waals surface area contributed by atoms with Gasteiger partial charge in [-0.25, -0.2) is 13.2 Å². The van der Waals surface area contributed by atoms with E-state index < -0.39 is 15.5 Å². The molecule has 3 aromatic rings. The van der Waals surface area contributed by atoms with Crippen molar-refractivity contribution >= 4 is 26.6 Å². The molecule has 2 aromatic heterocycles. The van der Waals surface area contributed by atoms with Gasteiger partial charge < -0.3 is 13.7 Å². The van der Waals surface area contributed by atoms with Crippen LogP contribution in [0.25, 0.3) is 11.0 Å². The Labute approximate surface area is 180 Å². The smallest absolute Gasteiger partial charge is 0.336 e. The van der Waals surface area contributed by atoms with Crippen LogP contribution in [0.5, 0.6) is 5.75 Å². The first-order valence-electron chi connectivity index (χ1n) is 10.3. The summed E-state index contributed by atoms with van der Waals surface area (Å²) in [5, 5.41) is 0.843. The van der Waals surface area contributed by atoms with E-state index in [1.54, 1.807) is 18.2 Å². The number of Topliss-reactive ketones (excluding diaryl/α,β-unsaturated/α-hetero) is 1. The Morgan fingerprint density at radius 3 is 2.68 bits per heavy atom. The van der Waals surface area contributed by atoms with Crippen molar-refractivity contribution in [1.82, 2.24) is 4.57 Å². The normalized spacial score (nSPS) is 17.8. The van der Waals surface area contributed by atoms with Gasteiger partial charge >= 0.3 is 5.63 Å². The third kappa shape index (κ3) is 4.17. The highest BCUT2D eigenvalue weighted by molar-refractivity contribution is 7.91. The maximum absolute atomic E-state index is 12.8. The molecule has 164 valence electrons. The quantitative estimate of drug-likeness (QED) is 0.428. The second-order valence-corrected chi connectivity index (χ2v) is 10.3. The number of aromatic nitrogens is 1. The van der Waals surface area contributed by atoms with Crippen LogP contribution in [-0.2, 0) is 16.3 Å². The number of rotatable bonds is 6. The summed E-state index contributed by atoms with van der Waals surface area (Å²) in [4.78, 5) is 24.6. The highest BCUT2D eigenvalue weighted by atomic mass is 32.2. The monoisotopic (exact) mass is 443 g/mol. The van der Waals surface area contributed by atoms with E-state index in [1.165, 1.54) is 6.07 Å². The first-order valence-corrected chi connectivity index (χ1v) is 12.1. The van der Waals surface area contributed by atoms with Crippen LogP contribution in [0.1, 0.15) is 46.7 Å². The predicted octanol–water partition coefficient (Wildman–Crippen LogP) is 3.40. The van der Waals surface area contributed by atoms with E-state index >= 15 is 0 Å². The third-order valence-electron chi connectivity index (χ3n) is 5.91. The van der Waals surface area contributed by atoms with Gasteiger partial charge in [0.05, 0.1) is 11.5 Å². The zero-order valence-corrected chi connectivity index (χ0v) is 18.6. The van der Waals surface area contributed by atoms with Crippen molar-refractivity contribution < 1.29 is 22.4 Å². The number of aryl methyl sites for hydroxylation is 2. The molecule has 0 bridgehead atoms.